The van der Waals surface area contributed by atoms with Crippen molar-refractivity contribution < 1.29 is 4.74 Å². The Bertz CT molecular complexity index is 781. The molecule has 0 spiro atoms. The third-order valence-corrected chi connectivity index (χ3v) is 3.98. The smallest absolute Gasteiger partial charge is 0.144 e. The average Bonchev–Trinajstić information content (AvgIpc) is 2.53. The summed E-state index contributed by atoms with van der Waals surface area (Å²) in [5.41, 5.74) is 10.2. The number of nitriles is 1. The van der Waals surface area contributed by atoms with Gasteiger partial charge in [0.2, 0.25) is 0 Å². The van der Waals surface area contributed by atoms with Gasteiger partial charge in [0.1, 0.15) is 17.5 Å². The first-order valence-electron chi connectivity index (χ1n) is 7.59. The minimum absolute atomic E-state index is 0. The van der Waals surface area contributed by atoms with E-state index in [0.29, 0.717) is 24.6 Å². The lowest BCUT2D eigenvalue weighted by Crippen LogP contribution is -2.35. The zero-order valence-electron chi connectivity index (χ0n) is 14.0. The highest BCUT2D eigenvalue weighted by Crippen LogP contribution is 2.36. The summed E-state index contributed by atoms with van der Waals surface area (Å²) in [6.07, 6.45) is 1.86. The molecule has 0 aliphatic carbocycles. The lowest BCUT2D eigenvalue weighted by Gasteiger charge is -2.32. The molecule has 3 rings (SSSR count). The largest absolute Gasteiger partial charge is 0.383 e. The Balaban J connectivity index is 0.00000208. The van der Waals surface area contributed by atoms with Gasteiger partial charge in [-0.05, 0) is 23.1 Å². The van der Waals surface area contributed by atoms with Gasteiger partial charge in [0.05, 0.1) is 24.6 Å². The Morgan fingerprint density at radius 3 is 2.67 bits per heavy atom. The molecule has 24 heavy (non-hydrogen) atoms. The van der Waals surface area contributed by atoms with E-state index in [-0.39, 0.29) is 17.8 Å². The molecule has 0 unspecified atom stereocenters. The quantitative estimate of drug-likeness (QED) is 0.848. The number of hydrogen-bond acceptors (Lipinski definition) is 5. The molecule has 0 fully saturated rings. The molecule has 5 nitrogen and oxygen atoms in total. The fourth-order valence-electron chi connectivity index (χ4n) is 2.83. The van der Waals surface area contributed by atoms with Crippen molar-refractivity contribution in [3.8, 4) is 6.07 Å². The van der Waals surface area contributed by atoms with Crippen molar-refractivity contribution in [2.45, 2.75) is 26.2 Å². The van der Waals surface area contributed by atoms with Crippen LogP contribution in [-0.2, 0) is 10.2 Å². The number of fused-ring (bicyclic) bond motifs is 1. The van der Waals surface area contributed by atoms with E-state index in [9.17, 15) is 5.26 Å². The molecule has 1 aromatic rings. The number of rotatable bonds is 1. The summed E-state index contributed by atoms with van der Waals surface area (Å²) in [5.74, 6) is 0.362. The van der Waals surface area contributed by atoms with Crippen molar-refractivity contribution in [1.82, 2.24) is 0 Å². The number of hydrogen-bond donors (Lipinski definition) is 1. The van der Waals surface area contributed by atoms with Gasteiger partial charge in [-0.3, -0.25) is 0 Å². The van der Waals surface area contributed by atoms with Crippen molar-refractivity contribution >= 4 is 23.8 Å². The van der Waals surface area contributed by atoms with Gasteiger partial charge in [-0.2, -0.15) is 10.4 Å². The van der Waals surface area contributed by atoms with Crippen molar-refractivity contribution in [3.63, 3.8) is 0 Å². The first-order chi connectivity index (χ1) is 10.9. The molecular formula is C18H21ClN4O. The summed E-state index contributed by atoms with van der Waals surface area (Å²) in [7, 11) is 0. The molecular weight excluding hydrogens is 324 g/mol. The van der Waals surface area contributed by atoms with Crippen LogP contribution in [-0.4, -0.2) is 18.9 Å². The fourth-order valence-corrected chi connectivity index (χ4v) is 2.83. The van der Waals surface area contributed by atoms with Gasteiger partial charge in [-0.25, -0.2) is 5.01 Å². The average molecular weight is 345 g/mol. The van der Waals surface area contributed by atoms with E-state index >= 15 is 0 Å². The van der Waals surface area contributed by atoms with Gasteiger partial charge < -0.3 is 10.5 Å². The maximum absolute atomic E-state index is 9.54. The fraction of sp³-hybridized carbons (Fsp3) is 0.333. The SMILES string of the molecule is CC(C)(C)c1ccccc1N1N=C2COCC=C2C(C#N)=C1N.Cl. The highest BCUT2D eigenvalue weighted by Gasteiger charge is 2.30. The van der Waals surface area contributed by atoms with Gasteiger partial charge in [0, 0.05) is 5.57 Å². The number of nitrogens with two attached hydrogens (primary N) is 1. The summed E-state index contributed by atoms with van der Waals surface area (Å²) in [6, 6.07) is 10.2. The summed E-state index contributed by atoms with van der Waals surface area (Å²) in [5, 5.41) is 15.9. The maximum Gasteiger partial charge on any atom is 0.144 e. The number of ether oxygens (including phenoxy) is 1. The van der Waals surface area contributed by atoms with E-state index in [2.05, 4.69) is 38.0 Å². The summed E-state index contributed by atoms with van der Waals surface area (Å²) >= 11 is 0. The summed E-state index contributed by atoms with van der Waals surface area (Å²) in [6.45, 7) is 7.29. The predicted octanol–water partition coefficient (Wildman–Crippen LogP) is 3.23. The number of anilines is 1. The second-order valence-electron chi connectivity index (χ2n) is 6.63. The van der Waals surface area contributed by atoms with Crippen LogP contribution in [0.2, 0.25) is 0 Å². The van der Waals surface area contributed by atoms with Crippen molar-refractivity contribution in [2.24, 2.45) is 10.8 Å². The topological polar surface area (TPSA) is 74.6 Å². The Morgan fingerprint density at radius 1 is 1.29 bits per heavy atom. The standard InChI is InChI=1S/C18H20N4O.ClH/c1-18(2,3)14-6-4-5-7-16(14)22-17(20)13(10-19)12-8-9-23-11-15(12)21-22;/h4-8H,9,11,20H2,1-3H3;1H. The molecule has 2 N–H and O–H groups in total. The number of benzene rings is 1. The molecule has 0 saturated heterocycles. The molecule has 2 aliphatic heterocycles. The molecule has 1 aromatic carbocycles. The van der Waals surface area contributed by atoms with Crippen LogP contribution < -0.4 is 10.7 Å². The zero-order valence-corrected chi connectivity index (χ0v) is 14.9. The summed E-state index contributed by atoms with van der Waals surface area (Å²) in [4.78, 5) is 0. The monoisotopic (exact) mass is 344 g/mol. The molecule has 2 aliphatic rings. The van der Waals surface area contributed by atoms with Crippen LogP contribution in [0.3, 0.4) is 0 Å². The minimum Gasteiger partial charge on any atom is -0.383 e. The van der Waals surface area contributed by atoms with Crippen LogP contribution in [0, 0.1) is 11.3 Å². The number of allylic oxidation sites excluding steroid dienone is 1. The van der Waals surface area contributed by atoms with Crippen molar-refractivity contribution in [2.75, 3.05) is 18.2 Å². The normalized spacial score (nSPS) is 17.3. The molecule has 2 heterocycles. The highest BCUT2D eigenvalue weighted by molar-refractivity contribution is 6.08. The lowest BCUT2D eigenvalue weighted by atomic mass is 9.85. The van der Waals surface area contributed by atoms with Gasteiger partial charge in [-0.1, -0.05) is 39.0 Å². The van der Waals surface area contributed by atoms with Crippen LogP contribution in [0.5, 0.6) is 0 Å². The lowest BCUT2D eigenvalue weighted by molar-refractivity contribution is 0.199. The summed E-state index contributed by atoms with van der Waals surface area (Å²) < 4.78 is 5.44. The Hall–Kier alpha value is -2.29. The van der Waals surface area contributed by atoms with Crippen LogP contribution in [0.4, 0.5) is 5.69 Å². The highest BCUT2D eigenvalue weighted by atomic mass is 35.5. The van der Waals surface area contributed by atoms with Gasteiger partial charge in [0.15, 0.2) is 0 Å². The second kappa shape index (κ2) is 6.68. The zero-order chi connectivity index (χ0) is 16.6. The first-order valence-corrected chi connectivity index (χ1v) is 7.59. The van der Waals surface area contributed by atoms with E-state index < -0.39 is 0 Å². The Kier molecular flexibility index (Phi) is 5.02. The molecule has 0 radical (unpaired) electrons. The van der Waals surface area contributed by atoms with E-state index in [4.69, 9.17) is 10.5 Å². The van der Waals surface area contributed by atoms with Crippen LogP contribution in [0.25, 0.3) is 0 Å². The Morgan fingerprint density at radius 2 is 2.00 bits per heavy atom. The van der Waals surface area contributed by atoms with Gasteiger partial charge in [-0.15, -0.1) is 12.4 Å². The molecule has 126 valence electrons. The van der Waals surface area contributed by atoms with Gasteiger partial charge in [0.25, 0.3) is 0 Å². The van der Waals surface area contributed by atoms with E-state index in [0.717, 1.165) is 22.5 Å². The second-order valence-corrected chi connectivity index (χ2v) is 6.63. The first kappa shape index (κ1) is 18.1. The van der Waals surface area contributed by atoms with E-state index in [1.807, 2.05) is 24.3 Å². The van der Waals surface area contributed by atoms with Crippen LogP contribution >= 0.6 is 12.4 Å². The number of hydrazone groups is 1. The third kappa shape index (κ3) is 3.03. The van der Waals surface area contributed by atoms with E-state index in [1.165, 1.54) is 0 Å². The maximum atomic E-state index is 9.54. The minimum atomic E-state index is -0.0664. The van der Waals surface area contributed by atoms with Crippen molar-refractivity contribution in [3.05, 3.63) is 52.9 Å². The molecule has 0 amide bonds. The number of nitrogens with zero attached hydrogens (tertiary/aromatic N) is 3. The van der Waals surface area contributed by atoms with E-state index in [1.54, 1.807) is 5.01 Å². The van der Waals surface area contributed by atoms with Gasteiger partial charge >= 0.3 is 0 Å². The molecule has 0 atom stereocenters. The van der Waals surface area contributed by atoms with Crippen molar-refractivity contribution in [1.29, 1.82) is 5.26 Å². The van der Waals surface area contributed by atoms with Crippen LogP contribution in [0.1, 0.15) is 26.3 Å². The third-order valence-electron chi connectivity index (χ3n) is 3.98. The number of halogens is 1. The Labute approximate surface area is 148 Å². The molecule has 0 bridgehead atoms. The molecule has 0 saturated carbocycles. The molecule has 0 aromatic heterocycles. The predicted molar refractivity (Wildman–Crippen MR) is 98.0 cm³/mol. The van der Waals surface area contributed by atoms with Crippen LogP contribution in [0.15, 0.2) is 52.4 Å². The number of para-hydroxylation sites is 1. The molecule has 6 heteroatoms.